The van der Waals surface area contributed by atoms with Crippen LogP contribution in [0.15, 0.2) is 18.5 Å². The molecule has 1 fully saturated rings. The normalized spacial score (nSPS) is 18.4. The summed E-state index contributed by atoms with van der Waals surface area (Å²) in [6.45, 7) is 4.98. The molecule has 0 unspecified atom stereocenters. The van der Waals surface area contributed by atoms with E-state index in [2.05, 4.69) is 35.3 Å². The third-order valence-electron chi connectivity index (χ3n) is 5.11. The van der Waals surface area contributed by atoms with Crippen molar-refractivity contribution in [2.75, 3.05) is 31.1 Å². The van der Waals surface area contributed by atoms with Crippen molar-refractivity contribution < 1.29 is 0 Å². The first-order chi connectivity index (χ1) is 11.9. The second-order valence-electron chi connectivity index (χ2n) is 6.57. The van der Waals surface area contributed by atoms with E-state index in [1.807, 2.05) is 12.1 Å². The average molecular weight is 324 g/mol. The molecule has 0 amide bonds. The molecule has 0 aromatic carbocycles. The van der Waals surface area contributed by atoms with E-state index in [4.69, 9.17) is 0 Å². The summed E-state index contributed by atoms with van der Waals surface area (Å²) in [5, 5.41) is 20.2. The third-order valence-corrected chi connectivity index (χ3v) is 5.11. The van der Waals surface area contributed by atoms with Crippen LogP contribution in [-0.2, 0) is 19.4 Å². The molecule has 0 atom stereocenters. The zero-order valence-electron chi connectivity index (χ0n) is 13.5. The first-order valence-electron chi connectivity index (χ1n) is 8.56. The minimum atomic E-state index is 0.782. The first kappa shape index (κ1) is 13.9. The predicted molar refractivity (Wildman–Crippen MR) is 88.9 cm³/mol. The number of aromatic amines is 1. The Balaban J connectivity index is 1.25. The topological polar surface area (TPSA) is 78.2 Å². The Morgan fingerprint density at radius 2 is 2.00 bits per heavy atom. The van der Waals surface area contributed by atoms with E-state index in [9.17, 15) is 0 Å². The summed E-state index contributed by atoms with van der Waals surface area (Å²) in [5.41, 5.74) is 4.86. The van der Waals surface area contributed by atoms with E-state index in [0.29, 0.717) is 0 Å². The fourth-order valence-electron chi connectivity index (χ4n) is 3.75. The molecule has 24 heavy (non-hydrogen) atoms. The number of hydrogen-bond donors (Lipinski definition) is 1. The van der Waals surface area contributed by atoms with Gasteiger partial charge in [-0.3, -0.25) is 10.00 Å². The maximum absolute atomic E-state index is 4.59. The van der Waals surface area contributed by atoms with Crippen LogP contribution in [0.2, 0.25) is 0 Å². The van der Waals surface area contributed by atoms with E-state index in [0.717, 1.165) is 50.6 Å². The predicted octanol–water partition coefficient (Wildman–Crippen LogP) is 0.658. The highest BCUT2D eigenvalue weighted by atomic mass is 15.4. The van der Waals surface area contributed by atoms with Crippen LogP contribution in [-0.4, -0.2) is 61.1 Å². The van der Waals surface area contributed by atoms with Gasteiger partial charge in [0.05, 0.1) is 5.69 Å². The minimum Gasteiger partial charge on any atom is -0.353 e. The molecule has 4 heterocycles. The van der Waals surface area contributed by atoms with Crippen molar-refractivity contribution in [1.82, 2.24) is 34.9 Å². The van der Waals surface area contributed by atoms with E-state index in [-0.39, 0.29) is 0 Å². The summed E-state index contributed by atoms with van der Waals surface area (Å²) < 4.78 is 1.73. The largest absolute Gasteiger partial charge is 0.353 e. The lowest BCUT2D eigenvalue weighted by Crippen LogP contribution is -2.46. The summed E-state index contributed by atoms with van der Waals surface area (Å²) in [6.07, 6.45) is 5.26. The minimum absolute atomic E-state index is 0.782. The zero-order chi connectivity index (χ0) is 15.9. The van der Waals surface area contributed by atoms with Gasteiger partial charge in [0.15, 0.2) is 5.65 Å². The fourth-order valence-corrected chi connectivity index (χ4v) is 3.75. The number of rotatable bonds is 3. The van der Waals surface area contributed by atoms with Gasteiger partial charge in [0.25, 0.3) is 0 Å². The molecule has 8 heteroatoms. The van der Waals surface area contributed by atoms with Gasteiger partial charge < -0.3 is 4.90 Å². The van der Waals surface area contributed by atoms with Crippen LogP contribution in [0.25, 0.3) is 5.65 Å². The van der Waals surface area contributed by atoms with Crippen LogP contribution < -0.4 is 4.90 Å². The molecule has 0 bridgehead atoms. The molecule has 124 valence electrons. The highest BCUT2D eigenvalue weighted by Gasteiger charge is 2.23. The maximum atomic E-state index is 4.59. The number of fused-ring (bicyclic) bond motifs is 2. The lowest BCUT2D eigenvalue weighted by molar-refractivity contribution is 0.245. The van der Waals surface area contributed by atoms with Crippen molar-refractivity contribution in [2.45, 2.75) is 25.8 Å². The van der Waals surface area contributed by atoms with Gasteiger partial charge in [-0.25, -0.2) is 0 Å². The summed E-state index contributed by atoms with van der Waals surface area (Å²) in [5.74, 6) is 0.989. The van der Waals surface area contributed by atoms with Crippen LogP contribution in [0.3, 0.4) is 0 Å². The van der Waals surface area contributed by atoms with Gasteiger partial charge in [-0.05, 0) is 37.0 Å². The second-order valence-corrected chi connectivity index (χ2v) is 6.57. The average Bonchev–Trinajstić information content (AvgIpc) is 3.32. The number of hydrogen-bond acceptors (Lipinski definition) is 6. The van der Waals surface area contributed by atoms with Crippen molar-refractivity contribution in [3.8, 4) is 0 Å². The van der Waals surface area contributed by atoms with E-state index in [1.54, 1.807) is 10.8 Å². The summed E-state index contributed by atoms with van der Waals surface area (Å²) in [4.78, 5) is 4.81. The van der Waals surface area contributed by atoms with Gasteiger partial charge in [0.1, 0.15) is 12.1 Å². The number of piperazine rings is 1. The number of aromatic nitrogens is 6. The molecule has 2 aliphatic rings. The van der Waals surface area contributed by atoms with Gasteiger partial charge in [-0.1, -0.05) is 0 Å². The van der Waals surface area contributed by atoms with E-state index in [1.165, 1.54) is 29.8 Å². The molecular formula is C16H20N8. The number of aryl methyl sites for hydroxylation is 1. The van der Waals surface area contributed by atoms with Gasteiger partial charge in [-0.2, -0.15) is 9.61 Å². The highest BCUT2D eigenvalue weighted by molar-refractivity contribution is 5.45. The van der Waals surface area contributed by atoms with E-state index < -0.39 is 0 Å². The Bertz CT molecular complexity index is 858. The van der Waals surface area contributed by atoms with Gasteiger partial charge >= 0.3 is 0 Å². The molecule has 1 N–H and O–H groups in total. The molecule has 1 aliphatic heterocycles. The van der Waals surface area contributed by atoms with Crippen LogP contribution in [0, 0.1) is 0 Å². The highest BCUT2D eigenvalue weighted by Crippen LogP contribution is 2.24. The first-order valence-corrected chi connectivity index (χ1v) is 8.56. The lowest BCUT2D eigenvalue weighted by atomic mass is 10.2. The van der Waals surface area contributed by atoms with Crippen LogP contribution in [0.5, 0.6) is 0 Å². The van der Waals surface area contributed by atoms with Crippen molar-refractivity contribution in [3.63, 3.8) is 0 Å². The molecule has 0 saturated carbocycles. The van der Waals surface area contributed by atoms with Gasteiger partial charge in [0, 0.05) is 38.4 Å². The Hall–Kier alpha value is -2.48. The number of nitrogens with zero attached hydrogens (tertiary/aromatic N) is 7. The molecule has 8 nitrogen and oxygen atoms in total. The van der Waals surface area contributed by atoms with Crippen molar-refractivity contribution in [3.05, 3.63) is 35.4 Å². The van der Waals surface area contributed by atoms with Crippen LogP contribution >= 0.6 is 0 Å². The molecule has 1 saturated heterocycles. The zero-order valence-corrected chi connectivity index (χ0v) is 13.5. The summed E-state index contributed by atoms with van der Waals surface area (Å²) in [7, 11) is 0. The number of H-pyrrole nitrogens is 1. The second kappa shape index (κ2) is 5.55. The fraction of sp³-hybridized carbons (Fsp3) is 0.500. The van der Waals surface area contributed by atoms with Gasteiger partial charge in [-0.15, -0.1) is 15.3 Å². The van der Waals surface area contributed by atoms with Crippen LogP contribution in [0.4, 0.5) is 5.82 Å². The molecule has 3 aromatic heterocycles. The van der Waals surface area contributed by atoms with Crippen molar-refractivity contribution >= 4 is 11.5 Å². The summed E-state index contributed by atoms with van der Waals surface area (Å²) >= 11 is 0. The number of anilines is 1. The summed E-state index contributed by atoms with van der Waals surface area (Å²) in [6, 6.07) is 4.00. The van der Waals surface area contributed by atoms with Crippen molar-refractivity contribution in [1.29, 1.82) is 0 Å². The monoisotopic (exact) mass is 324 g/mol. The molecule has 3 aromatic rings. The van der Waals surface area contributed by atoms with Gasteiger partial charge in [0.2, 0.25) is 0 Å². The lowest BCUT2D eigenvalue weighted by Gasteiger charge is -2.35. The third kappa shape index (κ3) is 2.34. The van der Waals surface area contributed by atoms with E-state index >= 15 is 0 Å². The Morgan fingerprint density at radius 1 is 1.08 bits per heavy atom. The van der Waals surface area contributed by atoms with Crippen LogP contribution in [0.1, 0.15) is 23.4 Å². The molecular weight excluding hydrogens is 304 g/mol. The molecule has 5 rings (SSSR count). The Kier molecular flexibility index (Phi) is 3.22. The molecule has 0 radical (unpaired) electrons. The Labute approximate surface area is 139 Å². The SMILES string of the molecule is c1cc2nncn2nc1N1CCN(Cc2n[nH]c3c2CCC3)CC1. The molecule has 0 spiro atoms. The number of nitrogens with one attached hydrogen (secondary N) is 1. The quantitative estimate of drug-likeness (QED) is 0.762. The molecule has 1 aliphatic carbocycles. The van der Waals surface area contributed by atoms with Crippen molar-refractivity contribution in [2.24, 2.45) is 0 Å². The standard InChI is InChI=1S/C16H20N8/c1-2-12-13(3-1)18-19-14(12)10-22-6-8-23(9-7-22)16-5-4-15-20-17-11-24(15)21-16/h4-5,11H,1-3,6-10H2,(H,18,19). The Morgan fingerprint density at radius 3 is 2.92 bits per heavy atom. The maximum Gasteiger partial charge on any atom is 0.177 e. The smallest absolute Gasteiger partial charge is 0.177 e.